The molecular weight excluding hydrogens is 174 g/mol. The minimum Gasteiger partial charge on any atom is -0.379 e. The highest BCUT2D eigenvalue weighted by Crippen LogP contribution is 2.18. The molecule has 2 nitrogen and oxygen atoms in total. The Bertz CT molecular complexity index is 175. The van der Waals surface area contributed by atoms with Crippen molar-refractivity contribution in [3.8, 4) is 0 Å². The van der Waals surface area contributed by atoms with E-state index in [1.54, 1.807) is 7.11 Å². The van der Waals surface area contributed by atoms with Crippen LogP contribution in [-0.2, 0) is 4.74 Å². The lowest BCUT2D eigenvalue weighted by Gasteiger charge is -2.29. The maximum atomic E-state index is 5.42. The minimum absolute atomic E-state index is 0.0790. The Morgan fingerprint density at radius 3 is 2.43 bits per heavy atom. The van der Waals surface area contributed by atoms with Crippen LogP contribution in [0.1, 0.15) is 40.5 Å². The van der Waals surface area contributed by atoms with Crippen molar-refractivity contribution in [2.45, 2.75) is 52.2 Å². The molecule has 84 valence electrons. The largest absolute Gasteiger partial charge is 0.379 e. The molecule has 1 N–H and O–H groups in total. The van der Waals surface area contributed by atoms with Gasteiger partial charge in [-0.05, 0) is 40.2 Å². The van der Waals surface area contributed by atoms with E-state index in [1.807, 2.05) is 0 Å². The summed E-state index contributed by atoms with van der Waals surface area (Å²) in [5, 5.41) is 3.48. The van der Waals surface area contributed by atoms with Crippen LogP contribution in [0.15, 0.2) is 12.2 Å². The summed E-state index contributed by atoms with van der Waals surface area (Å²) in [5.74, 6) is 0. The Morgan fingerprint density at radius 1 is 1.50 bits per heavy atom. The zero-order chi connectivity index (χ0) is 11.2. The zero-order valence-corrected chi connectivity index (χ0v) is 10.3. The van der Waals surface area contributed by atoms with Gasteiger partial charge >= 0.3 is 0 Å². The summed E-state index contributed by atoms with van der Waals surface area (Å²) >= 11 is 0. The number of ether oxygens (including phenoxy) is 1. The van der Waals surface area contributed by atoms with Crippen molar-refractivity contribution in [2.75, 3.05) is 13.7 Å². The molecule has 0 aromatic rings. The van der Waals surface area contributed by atoms with Crippen LogP contribution < -0.4 is 5.32 Å². The van der Waals surface area contributed by atoms with Crippen molar-refractivity contribution in [3.63, 3.8) is 0 Å². The number of methoxy groups -OCH3 is 1. The molecule has 2 heteroatoms. The van der Waals surface area contributed by atoms with E-state index in [0.29, 0.717) is 6.04 Å². The Morgan fingerprint density at radius 2 is 2.07 bits per heavy atom. The van der Waals surface area contributed by atoms with E-state index in [-0.39, 0.29) is 5.60 Å². The van der Waals surface area contributed by atoms with Crippen molar-refractivity contribution >= 4 is 0 Å². The van der Waals surface area contributed by atoms with Gasteiger partial charge in [-0.2, -0.15) is 0 Å². The van der Waals surface area contributed by atoms with E-state index in [2.05, 4.69) is 39.6 Å². The van der Waals surface area contributed by atoms with Crippen LogP contribution in [0.5, 0.6) is 0 Å². The molecule has 0 bridgehead atoms. The Hall–Kier alpha value is -0.340. The molecule has 0 aromatic heterocycles. The predicted octanol–water partition coefficient (Wildman–Crippen LogP) is 2.75. The molecule has 0 radical (unpaired) electrons. The van der Waals surface area contributed by atoms with Crippen LogP contribution in [0.3, 0.4) is 0 Å². The Kier molecular flexibility index (Phi) is 6.05. The van der Waals surface area contributed by atoms with Gasteiger partial charge in [0.25, 0.3) is 0 Å². The molecule has 0 aliphatic heterocycles. The van der Waals surface area contributed by atoms with Gasteiger partial charge in [0.15, 0.2) is 0 Å². The first-order valence-corrected chi connectivity index (χ1v) is 5.37. The molecule has 0 aromatic carbocycles. The monoisotopic (exact) mass is 199 g/mol. The molecule has 0 rings (SSSR count). The van der Waals surface area contributed by atoms with E-state index in [1.165, 1.54) is 5.57 Å². The first kappa shape index (κ1) is 13.7. The van der Waals surface area contributed by atoms with Crippen molar-refractivity contribution < 1.29 is 4.74 Å². The van der Waals surface area contributed by atoms with E-state index >= 15 is 0 Å². The second-order valence-electron chi connectivity index (χ2n) is 4.52. The van der Waals surface area contributed by atoms with Crippen LogP contribution >= 0.6 is 0 Å². The summed E-state index contributed by atoms with van der Waals surface area (Å²) in [6.45, 7) is 13.5. The second-order valence-corrected chi connectivity index (χ2v) is 4.52. The lowest BCUT2D eigenvalue weighted by atomic mass is 9.95. The van der Waals surface area contributed by atoms with Crippen LogP contribution in [0.2, 0.25) is 0 Å². The maximum absolute atomic E-state index is 5.42. The molecule has 0 heterocycles. The molecule has 0 spiro atoms. The molecule has 0 fully saturated rings. The highest BCUT2D eigenvalue weighted by atomic mass is 16.5. The molecule has 1 atom stereocenters. The number of hydrogen-bond acceptors (Lipinski definition) is 2. The summed E-state index contributed by atoms with van der Waals surface area (Å²) in [6, 6.07) is 0.366. The topological polar surface area (TPSA) is 21.3 Å². The second kappa shape index (κ2) is 6.20. The smallest absolute Gasteiger partial charge is 0.0640 e. The highest BCUT2D eigenvalue weighted by molar-refractivity contribution is 5.03. The number of rotatable bonds is 7. The molecule has 0 aliphatic carbocycles. The lowest BCUT2D eigenvalue weighted by molar-refractivity contribution is 0.00994. The van der Waals surface area contributed by atoms with Gasteiger partial charge in [0, 0.05) is 13.2 Å². The van der Waals surface area contributed by atoms with Crippen LogP contribution in [0.4, 0.5) is 0 Å². The molecule has 14 heavy (non-hydrogen) atoms. The molecule has 0 saturated carbocycles. The molecule has 0 amide bonds. The number of hydrogen-bond donors (Lipinski definition) is 1. The average Bonchev–Trinajstić information content (AvgIpc) is 2.12. The van der Waals surface area contributed by atoms with Crippen LogP contribution in [-0.4, -0.2) is 25.3 Å². The molecular formula is C12H25NO. The quantitative estimate of drug-likeness (QED) is 0.637. The van der Waals surface area contributed by atoms with Gasteiger partial charge in [-0.1, -0.05) is 19.1 Å². The van der Waals surface area contributed by atoms with Gasteiger partial charge in [-0.25, -0.2) is 0 Å². The Balaban J connectivity index is 4.15. The van der Waals surface area contributed by atoms with Crippen LogP contribution in [0.25, 0.3) is 0 Å². The summed E-state index contributed by atoms with van der Waals surface area (Å²) in [6.07, 6.45) is 2.12. The standard InChI is InChI=1S/C12H25NO/c1-7-8-13-11(10(2)3)9-12(4,5)14-6/h11,13H,2,7-9H2,1,3-6H3. The fourth-order valence-corrected chi connectivity index (χ4v) is 1.31. The lowest BCUT2D eigenvalue weighted by Crippen LogP contribution is -2.38. The van der Waals surface area contributed by atoms with Crippen molar-refractivity contribution in [3.05, 3.63) is 12.2 Å². The minimum atomic E-state index is -0.0790. The van der Waals surface area contributed by atoms with E-state index in [4.69, 9.17) is 4.74 Å². The van der Waals surface area contributed by atoms with Gasteiger partial charge in [0.1, 0.15) is 0 Å². The Labute approximate surface area is 88.7 Å². The normalized spacial score (nSPS) is 14.1. The summed E-state index contributed by atoms with van der Waals surface area (Å²) in [5.41, 5.74) is 1.10. The number of nitrogens with one attached hydrogen (secondary N) is 1. The zero-order valence-electron chi connectivity index (χ0n) is 10.3. The molecule has 1 unspecified atom stereocenters. The van der Waals surface area contributed by atoms with E-state index in [0.717, 1.165) is 19.4 Å². The van der Waals surface area contributed by atoms with Gasteiger partial charge in [0.2, 0.25) is 0 Å². The van der Waals surface area contributed by atoms with Crippen molar-refractivity contribution in [1.82, 2.24) is 5.32 Å². The first-order chi connectivity index (χ1) is 6.43. The average molecular weight is 199 g/mol. The fraction of sp³-hybridized carbons (Fsp3) is 0.833. The van der Waals surface area contributed by atoms with Gasteiger partial charge < -0.3 is 10.1 Å². The van der Waals surface area contributed by atoms with Gasteiger partial charge in [-0.15, -0.1) is 0 Å². The summed E-state index contributed by atoms with van der Waals surface area (Å²) in [7, 11) is 1.76. The fourth-order valence-electron chi connectivity index (χ4n) is 1.31. The third kappa shape index (κ3) is 5.40. The highest BCUT2D eigenvalue weighted by Gasteiger charge is 2.22. The predicted molar refractivity (Wildman–Crippen MR) is 62.6 cm³/mol. The van der Waals surface area contributed by atoms with Crippen molar-refractivity contribution in [1.29, 1.82) is 0 Å². The molecule has 0 saturated heterocycles. The summed E-state index contributed by atoms with van der Waals surface area (Å²) in [4.78, 5) is 0. The SMILES string of the molecule is C=C(C)C(CC(C)(C)OC)NCCC. The van der Waals surface area contributed by atoms with E-state index in [9.17, 15) is 0 Å². The summed E-state index contributed by atoms with van der Waals surface area (Å²) < 4.78 is 5.42. The third-order valence-corrected chi connectivity index (χ3v) is 2.48. The van der Waals surface area contributed by atoms with Gasteiger partial charge in [0.05, 0.1) is 5.60 Å². The van der Waals surface area contributed by atoms with Crippen molar-refractivity contribution in [2.24, 2.45) is 0 Å². The van der Waals surface area contributed by atoms with Gasteiger partial charge in [-0.3, -0.25) is 0 Å². The first-order valence-electron chi connectivity index (χ1n) is 5.37. The van der Waals surface area contributed by atoms with Crippen LogP contribution in [0, 0.1) is 0 Å². The third-order valence-electron chi connectivity index (χ3n) is 2.48. The molecule has 0 aliphatic rings. The maximum Gasteiger partial charge on any atom is 0.0640 e. The van der Waals surface area contributed by atoms with E-state index < -0.39 is 0 Å².